The Hall–Kier alpha value is -1.66. The van der Waals surface area contributed by atoms with Crippen molar-refractivity contribution in [3.8, 4) is 11.3 Å². The molecule has 6 nitrogen and oxygen atoms in total. The second-order valence-electron chi connectivity index (χ2n) is 11.0. The maximum atomic E-state index is 13.9. The van der Waals surface area contributed by atoms with Crippen molar-refractivity contribution in [2.24, 2.45) is 0 Å². The monoisotopic (exact) mass is 569 g/mol. The van der Waals surface area contributed by atoms with E-state index in [0.717, 1.165) is 50.2 Å². The molecule has 5 rings (SSSR count). The third-order valence-electron chi connectivity index (χ3n) is 8.05. The number of hydrogen-bond acceptors (Lipinski definition) is 6. The molecule has 3 aliphatic rings. The van der Waals surface area contributed by atoms with Crippen LogP contribution in [0.3, 0.4) is 0 Å². The number of halogens is 4. The Morgan fingerprint density at radius 2 is 1.82 bits per heavy atom. The summed E-state index contributed by atoms with van der Waals surface area (Å²) in [6, 6.07) is 4.30. The van der Waals surface area contributed by atoms with Crippen LogP contribution in [0.25, 0.3) is 11.3 Å². The summed E-state index contributed by atoms with van der Waals surface area (Å²) in [5.41, 5.74) is 2.75. The van der Waals surface area contributed by atoms with Crippen molar-refractivity contribution in [2.45, 2.75) is 75.0 Å². The van der Waals surface area contributed by atoms with E-state index < -0.39 is 24.0 Å². The van der Waals surface area contributed by atoms with Crippen molar-refractivity contribution in [3.63, 3.8) is 0 Å². The lowest BCUT2D eigenvalue weighted by Gasteiger charge is -2.28. The van der Waals surface area contributed by atoms with Crippen LogP contribution < -0.4 is 5.32 Å². The summed E-state index contributed by atoms with van der Waals surface area (Å²) in [5, 5.41) is 19.1. The number of aromatic nitrogens is 2. The second kappa shape index (κ2) is 12.9. The summed E-state index contributed by atoms with van der Waals surface area (Å²) in [6.45, 7) is 6.30. The maximum Gasteiger partial charge on any atom is 0.417 e. The lowest BCUT2D eigenvalue weighted by Crippen LogP contribution is -2.38. The van der Waals surface area contributed by atoms with Crippen LogP contribution in [0.1, 0.15) is 48.9 Å². The summed E-state index contributed by atoms with van der Waals surface area (Å²) in [4.78, 5) is 4.61. The van der Waals surface area contributed by atoms with Crippen LogP contribution in [-0.2, 0) is 25.7 Å². The fourth-order valence-corrected chi connectivity index (χ4v) is 7.05. The highest BCUT2D eigenvalue weighted by Crippen LogP contribution is 2.40. The Labute approximate surface area is 232 Å². The first-order chi connectivity index (χ1) is 18.8. The SMILES string of the molecule is O[C@@H](CN1CCCCC1)Cn1nc(-c2ccc(C(F)(F)F)c(SCCN3CCC(F)CC3)c2)c2c1CCNC2. The molecule has 0 radical (unpaired) electrons. The summed E-state index contributed by atoms with van der Waals surface area (Å²) in [5.74, 6) is 0.500. The van der Waals surface area contributed by atoms with E-state index in [9.17, 15) is 22.7 Å². The van der Waals surface area contributed by atoms with E-state index in [-0.39, 0.29) is 4.90 Å². The van der Waals surface area contributed by atoms with Gasteiger partial charge in [-0.1, -0.05) is 12.5 Å². The Morgan fingerprint density at radius 3 is 2.56 bits per heavy atom. The van der Waals surface area contributed by atoms with Gasteiger partial charge in [-0.2, -0.15) is 18.3 Å². The summed E-state index contributed by atoms with van der Waals surface area (Å²) >= 11 is 1.20. The number of piperidine rings is 2. The number of likely N-dealkylation sites (tertiary alicyclic amines) is 2. The molecule has 2 saturated heterocycles. The number of benzene rings is 1. The third kappa shape index (κ3) is 7.35. The molecule has 0 aliphatic carbocycles. The first-order valence-electron chi connectivity index (χ1n) is 14.2. The van der Waals surface area contributed by atoms with Crippen molar-refractivity contribution in [2.75, 3.05) is 51.6 Å². The number of nitrogens with one attached hydrogen (secondary N) is 1. The van der Waals surface area contributed by atoms with E-state index in [1.54, 1.807) is 6.07 Å². The van der Waals surface area contributed by atoms with Crippen LogP contribution in [0.4, 0.5) is 17.6 Å². The van der Waals surface area contributed by atoms with E-state index in [1.165, 1.54) is 30.3 Å². The molecule has 0 amide bonds. The minimum Gasteiger partial charge on any atom is -0.390 e. The predicted octanol–water partition coefficient (Wildman–Crippen LogP) is 4.59. The molecule has 0 saturated carbocycles. The molecular weight excluding hydrogens is 530 g/mol. The highest BCUT2D eigenvalue weighted by Gasteiger charge is 2.34. The van der Waals surface area contributed by atoms with Crippen LogP contribution >= 0.6 is 11.8 Å². The highest BCUT2D eigenvalue weighted by atomic mass is 32.2. The Balaban J connectivity index is 1.35. The lowest BCUT2D eigenvalue weighted by molar-refractivity contribution is -0.139. The number of aliphatic hydroxyl groups excluding tert-OH is 1. The molecule has 11 heteroatoms. The number of nitrogens with zero attached hydrogens (tertiary/aromatic N) is 4. The number of hydrogen-bond donors (Lipinski definition) is 2. The van der Waals surface area contributed by atoms with Crippen LogP contribution in [0.5, 0.6) is 0 Å². The van der Waals surface area contributed by atoms with Gasteiger partial charge in [-0.25, -0.2) is 4.39 Å². The van der Waals surface area contributed by atoms with Gasteiger partial charge < -0.3 is 20.2 Å². The molecular formula is C28H39F4N5OS. The van der Waals surface area contributed by atoms with Crippen molar-refractivity contribution < 1.29 is 22.7 Å². The summed E-state index contributed by atoms with van der Waals surface area (Å²) < 4.78 is 57.0. The molecule has 2 fully saturated rings. The fraction of sp³-hybridized carbons (Fsp3) is 0.679. The zero-order valence-corrected chi connectivity index (χ0v) is 23.2. The quantitative estimate of drug-likeness (QED) is 0.341. The summed E-state index contributed by atoms with van der Waals surface area (Å²) in [6.07, 6.45) is -0.493. The van der Waals surface area contributed by atoms with Gasteiger partial charge in [0.25, 0.3) is 0 Å². The number of β-amino-alcohol motifs (C(OH)–C–C–N with tert-alkyl or cyclic N) is 1. The zero-order chi connectivity index (χ0) is 27.4. The van der Waals surface area contributed by atoms with Gasteiger partial charge in [-0.05, 0) is 50.9 Å². The molecule has 2 aromatic rings. The van der Waals surface area contributed by atoms with Gasteiger partial charge in [-0.15, -0.1) is 11.8 Å². The molecule has 1 aromatic carbocycles. The number of alkyl halides is 4. The highest BCUT2D eigenvalue weighted by molar-refractivity contribution is 7.99. The first kappa shape index (κ1) is 28.9. The van der Waals surface area contributed by atoms with Crippen molar-refractivity contribution in [1.82, 2.24) is 24.9 Å². The number of rotatable bonds is 9. The lowest BCUT2D eigenvalue weighted by atomic mass is 10.0. The van der Waals surface area contributed by atoms with Crippen LogP contribution in [-0.4, -0.2) is 88.5 Å². The van der Waals surface area contributed by atoms with Gasteiger partial charge in [0.15, 0.2) is 0 Å². The smallest absolute Gasteiger partial charge is 0.390 e. The van der Waals surface area contributed by atoms with E-state index >= 15 is 0 Å². The predicted molar refractivity (Wildman–Crippen MR) is 146 cm³/mol. The minimum absolute atomic E-state index is 0.192. The van der Waals surface area contributed by atoms with Crippen molar-refractivity contribution >= 4 is 11.8 Å². The molecule has 39 heavy (non-hydrogen) atoms. The van der Waals surface area contributed by atoms with Gasteiger partial charge in [0, 0.05) is 73.2 Å². The van der Waals surface area contributed by atoms with Crippen molar-refractivity contribution in [3.05, 3.63) is 35.0 Å². The van der Waals surface area contributed by atoms with Gasteiger partial charge >= 0.3 is 6.18 Å². The fourth-order valence-electron chi connectivity index (χ4n) is 5.93. The molecule has 3 aliphatic heterocycles. The molecule has 216 valence electrons. The van der Waals surface area contributed by atoms with Crippen LogP contribution in [0.2, 0.25) is 0 Å². The number of fused-ring (bicyclic) bond motifs is 1. The van der Waals surface area contributed by atoms with Gasteiger partial charge in [-0.3, -0.25) is 4.68 Å². The number of aliphatic hydroxyl groups is 1. The molecule has 0 spiro atoms. The molecule has 4 heterocycles. The maximum absolute atomic E-state index is 13.9. The summed E-state index contributed by atoms with van der Waals surface area (Å²) in [7, 11) is 0. The third-order valence-corrected chi connectivity index (χ3v) is 9.09. The molecule has 0 bridgehead atoms. The van der Waals surface area contributed by atoms with E-state index in [0.29, 0.717) is 69.1 Å². The standard InChI is InChI=1S/C28H39F4N5OS/c29-21-7-12-35(13-8-21)14-15-39-26-16-20(4-5-24(26)28(30,31)32)27-23-17-33-9-6-25(23)37(34-27)19-22(38)18-36-10-2-1-3-11-36/h4-5,16,21-22,33,38H,1-3,6-15,17-19H2/t22-/m0/s1. The van der Waals surface area contributed by atoms with Crippen LogP contribution in [0.15, 0.2) is 23.1 Å². The molecule has 1 aromatic heterocycles. The van der Waals surface area contributed by atoms with Gasteiger partial charge in [0.2, 0.25) is 0 Å². The molecule has 1 atom stereocenters. The first-order valence-corrected chi connectivity index (χ1v) is 15.2. The van der Waals surface area contributed by atoms with Crippen LogP contribution in [0, 0.1) is 0 Å². The molecule has 0 unspecified atom stereocenters. The van der Waals surface area contributed by atoms with E-state index in [1.807, 2.05) is 4.68 Å². The van der Waals surface area contributed by atoms with Gasteiger partial charge in [0.1, 0.15) is 6.17 Å². The number of thioether (sulfide) groups is 1. The Bertz CT molecular complexity index is 1100. The van der Waals surface area contributed by atoms with Crippen molar-refractivity contribution in [1.29, 1.82) is 0 Å². The zero-order valence-electron chi connectivity index (χ0n) is 22.4. The van der Waals surface area contributed by atoms with E-state index in [2.05, 4.69) is 15.1 Å². The topological polar surface area (TPSA) is 56.6 Å². The minimum atomic E-state index is -4.45. The Kier molecular flexibility index (Phi) is 9.54. The average molecular weight is 570 g/mol. The van der Waals surface area contributed by atoms with E-state index in [4.69, 9.17) is 5.10 Å². The normalized spacial score (nSPS) is 20.7. The largest absolute Gasteiger partial charge is 0.417 e. The molecule has 2 N–H and O–H groups in total. The Morgan fingerprint density at radius 1 is 1.05 bits per heavy atom. The second-order valence-corrected chi connectivity index (χ2v) is 12.1. The van der Waals surface area contributed by atoms with Gasteiger partial charge in [0.05, 0.1) is 23.9 Å². The average Bonchev–Trinajstić information content (AvgIpc) is 3.28.